The molecule has 0 aromatic carbocycles. The van der Waals surface area contributed by atoms with Crippen LogP contribution in [0.1, 0.15) is 53.4 Å². The van der Waals surface area contributed by atoms with Crippen LogP contribution in [0.15, 0.2) is 0 Å². The molecule has 0 saturated carbocycles. The lowest BCUT2D eigenvalue weighted by Gasteiger charge is -2.29. The maximum atomic E-state index is 9.37. The van der Waals surface area contributed by atoms with Crippen molar-refractivity contribution in [2.24, 2.45) is 5.41 Å². The summed E-state index contributed by atoms with van der Waals surface area (Å²) in [6.45, 7) is 8.43. The second-order valence-corrected chi connectivity index (χ2v) is 5.57. The molecule has 0 amide bonds. The van der Waals surface area contributed by atoms with Crippen LogP contribution >= 0.6 is 0 Å². The first-order valence-corrected chi connectivity index (χ1v) is 5.72. The van der Waals surface area contributed by atoms with Crippen LogP contribution in [0.4, 0.5) is 0 Å². The monoisotopic (exact) mass is 200 g/mol. The highest BCUT2D eigenvalue weighted by molar-refractivity contribution is 4.79. The van der Waals surface area contributed by atoms with E-state index in [0.29, 0.717) is 12.2 Å². The predicted molar refractivity (Wildman–Crippen MR) is 58.3 cm³/mol. The first kappa shape index (κ1) is 12.0. The molecule has 0 aromatic heterocycles. The average Bonchev–Trinajstić information content (AvgIpc) is 2.30. The molecule has 84 valence electrons. The zero-order chi connectivity index (χ0) is 10.8. The Bertz CT molecular complexity index is 175. The Balaban J connectivity index is 2.34. The van der Waals surface area contributed by atoms with Crippen LogP contribution in [-0.4, -0.2) is 23.4 Å². The van der Waals surface area contributed by atoms with Crippen LogP contribution in [0.25, 0.3) is 0 Å². The number of aliphatic hydroxyl groups is 1. The van der Waals surface area contributed by atoms with E-state index in [1.54, 1.807) is 0 Å². The fourth-order valence-electron chi connectivity index (χ4n) is 2.53. The summed E-state index contributed by atoms with van der Waals surface area (Å²) in [5, 5.41) is 9.37. The summed E-state index contributed by atoms with van der Waals surface area (Å²) < 4.78 is 5.80. The van der Waals surface area contributed by atoms with Crippen LogP contribution in [0.5, 0.6) is 0 Å². The SMILES string of the molecule is CC(O)CC(C)(C)CC1CCC(C)O1. The summed E-state index contributed by atoms with van der Waals surface area (Å²) in [5.41, 5.74) is 0.197. The first-order chi connectivity index (χ1) is 6.39. The van der Waals surface area contributed by atoms with Crippen molar-refractivity contribution in [3.05, 3.63) is 0 Å². The molecule has 0 aliphatic carbocycles. The van der Waals surface area contributed by atoms with Gasteiger partial charge in [0.05, 0.1) is 18.3 Å². The van der Waals surface area contributed by atoms with Crippen molar-refractivity contribution in [2.75, 3.05) is 0 Å². The summed E-state index contributed by atoms with van der Waals surface area (Å²) in [6, 6.07) is 0. The topological polar surface area (TPSA) is 29.5 Å². The van der Waals surface area contributed by atoms with Gasteiger partial charge in [-0.2, -0.15) is 0 Å². The van der Waals surface area contributed by atoms with Gasteiger partial charge in [0.15, 0.2) is 0 Å². The summed E-state index contributed by atoms with van der Waals surface area (Å²) >= 11 is 0. The van der Waals surface area contributed by atoms with Crippen molar-refractivity contribution < 1.29 is 9.84 Å². The molecule has 1 aliphatic heterocycles. The Labute approximate surface area is 87.7 Å². The van der Waals surface area contributed by atoms with Crippen molar-refractivity contribution in [1.82, 2.24) is 0 Å². The Hall–Kier alpha value is -0.0800. The van der Waals surface area contributed by atoms with Crippen LogP contribution in [-0.2, 0) is 4.74 Å². The average molecular weight is 200 g/mol. The zero-order valence-corrected chi connectivity index (χ0v) is 9.92. The molecular formula is C12H24O2. The van der Waals surface area contributed by atoms with Crippen LogP contribution < -0.4 is 0 Å². The van der Waals surface area contributed by atoms with E-state index in [1.807, 2.05) is 6.92 Å². The van der Waals surface area contributed by atoms with Gasteiger partial charge in [-0.15, -0.1) is 0 Å². The van der Waals surface area contributed by atoms with Gasteiger partial charge >= 0.3 is 0 Å². The summed E-state index contributed by atoms with van der Waals surface area (Å²) in [5.74, 6) is 0. The normalized spacial score (nSPS) is 30.6. The predicted octanol–water partition coefficient (Wildman–Crippen LogP) is 2.74. The molecule has 1 N–H and O–H groups in total. The summed E-state index contributed by atoms with van der Waals surface area (Å²) in [6.07, 6.45) is 4.95. The van der Waals surface area contributed by atoms with E-state index in [2.05, 4.69) is 20.8 Å². The minimum Gasteiger partial charge on any atom is -0.393 e. The third-order valence-electron chi connectivity index (χ3n) is 2.95. The minimum absolute atomic E-state index is 0.197. The fourth-order valence-corrected chi connectivity index (χ4v) is 2.53. The number of aliphatic hydroxyl groups excluding tert-OH is 1. The number of hydrogen-bond acceptors (Lipinski definition) is 2. The molecule has 1 rings (SSSR count). The quantitative estimate of drug-likeness (QED) is 0.756. The van der Waals surface area contributed by atoms with Gasteiger partial charge in [0.25, 0.3) is 0 Å². The highest BCUT2D eigenvalue weighted by atomic mass is 16.5. The Morgan fingerprint density at radius 3 is 2.50 bits per heavy atom. The molecule has 2 heteroatoms. The third-order valence-corrected chi connectivity index (χ3v) is 2.95. The Morgan fingerprint density at radius 1 is 1.43 bits per heavy atom. The molecule has 0 aromatic rings. The molecule has 1 saturated heterocycles. The summed E-state index contributed by atoms with van der Waals surface area (Å²) in [7, 11) is 0. The maximum Gasteiger partial charge on any atom is 0.0584 e. The molecule has 1 fully saturated rings. The van der Waals surface area contributed by atoms with Crippen LogP contribution in [0.2, 0.25) is 0 Å². The van der Waals surface area contributed by atoms with E-state index in [4.69, 9.17) is 4.74 Å². The molecule has 1 heterocycles. The van der Waals surface area contributed by atoms with E-state index >= 15 is 0 Å². The van der Waals surface area contributed by atoms with Crippen molar-refractivity contribution >= 4 is 0 Å². The zero-order valence-electron chi connectivity index (χ0n) is 9.92. The van der Waals surface area contributed by atoms with Crippen LogP contribution in [0, 0.1) is 5.41 Å². The van der Waals surface area contributed by atoms with Gasteiger partial charge in [0, 0.05) is 0 Å². The third kappa shape index (κ3) is 3.97. The lowest BCUT2D eigenvalue weighted by molar-refractivity contribution is 0.0173. The maximum absolute atomic E-state index is 9.37. The van der Waals surface area contributed by atoms with Gasteiger partial charge < -0.3 is 9.84 Å². The van der Waals surface area contributed by atoms with Crippen LogP contribution in [0.3, 0.4) is 0 Å². The van der Waals surface area contributed by atoms with Crippen molar-refractivity contribution in [3.63, 3.8) is 0 Å². The van der Waals surface area contributed by atoms with Crippen molar-refractivity contribution in [3.8, 4) is 0 Å². The van der Waals surface area contributed by atoms with Gasteiger partial charge in [-0.25, -0.2) is 0 Å². The number of ether oxygens (including phenoxy) is 1. The Morgan fingerprint density at radius 2 is 2.07 bits per heavy atom. The van der Waals surface area contributed by atoms with E-state index in [9.17, 15) is 5.11 Å². The van der Waals surface area contributed by atoms with Gasteiger partial charge in [-0.3, -0.25) is 0 Å². The standard InChI is InChI=1S/C12H24O2/c1-9(13)7-12(3,4)8-11-6-5-10(2)14-11/h9-11,13H,5-8H2,1-4H3. The van der Waals surface area contributed by atoms with E-state index in [0.717, 1.165) is 12.8 Å². The highest BCUT2D eigenvalue weighted by Gasteiger charge is 2.29. The van der Waals surface area contributed by atoms with Gasteiger partial charge in [-0.1, -0.05) is 13.8 Å². The molecule has 0 spiro atoms. The smallest absolute Gasteiger partial charge is 0.0584 e. The van der Waals surface area contributed by atoms with Crippen molar-refractivity contribution in [2.45, 2.75) is 71.7 Å². The number of hydrogen-bond donors (Lipinski definition) is 1. The molecule has 14 heavy (non-hydrogen) atoms. The second-order valence-electron chi connectivity index (χ2n) is 5.57. The minimum atomic E-state index is -0.205. The van der Waals surface area contributed by atoms with E-state index in [-0.39, 0.29) is 11.5 Å². The van der Waals surface area contributed by atoms with Gasteiger partial charge in [0.2, 0.25) is 0 Å². The molecule has 3 unspecified atom stereocenters. The lowest BCUT2D eigenvalue weighted by atomic mass is 9.81. The number of rotatable bonds is 4. The lowest BCUT2D eigenvalue weighted by Crippen LogP contribution is -2.24. The molecular weight excluding hydrogens is 176 g/mol. The molecule has 2 nitrogen and oxygen atoms in total. The highest BCUT2D eigenvalue weighted by Crippen LogP contribution is 2.34. The van der Waals surface area contributed by atoms with E-state index in [1.165, 1.54) is 12.8 Å². The second kappa shape index (κ2) is 4.63. The molecule has 1 aliphatic rings. The first-order valence-electron chi connectivity index (χ1n) is 5.72. The largest absolute Gasteiger partial charge is 0.393 e. The fraction of sp³-hybridized carbons (Fsp3) is 1.00. The van der Waals surface area contributed by atoms with Crippen molar-refractivity contribution in [1.29, 1.82) is 0 Å². The Kier molecular flexibility index (Phi) is 3.96. The van der Waals surface area contributed by atoms with Gasteiger partial charge in [0.1, 0.15) is 0 Å². The molecule has 0 bridgehead atoms. The molecule has 3 atom stereocenters. The summed E-state index contributed by atoms with van der Waals surface area (Å²) in [4.78, 5) is 0. The van der Waals surface area contributed by atoms with Gasteiger partial charge in [-0.05, 0) is 44.9 Å². The van der Waals surface area contributed by atoms with E-state index < -0.39 is 0 Å². The molecule has 0 radical (unpaired) electrons.